The van der Waals surface area contributed by atoms with Gasteiger partial charge in [-0.1, -0.05) is 12.1 Å². The molecule has 1 aliphatic heterocycles. The van der Waals surface area contributed by atoms with E-state index in [2.05, 4.69) is 22.0 Å². The average molecular weight is 295 g/mol. The molecule has 1 heterocycles. The monoisotopic (exact) mass is 295 g/mol. The Morgan fingerprint density at radius 2 is 1.64 bits per heavy atom. The van der Waals surface area contributed by atoms with E-state index in [1.165, 1.54) is 30.7 Å². The molecule has 0 N–H and O–H groups in total. The van der Waals surface area contributed by atoms with Crippen LogP contribution >= 0.6 is 0 Å². The second-order valence-corrected chi connectivity index (χ2v) is 5.32. The number of nitrogens with zero attached hydrogens (tertiary/aromatic N) is 3. The van der Waals surface area contributed by atoms with Crippen molar-refractivity contribution in [1.29, 1.82) is 0 Å². The number of benzene rings is 2. The van der Waals surface area contributed by atoms with E-state index >= 15 is 0 Å². The molecule has 5 heteroatoms. The second kappa shape index (κ2) is 6.39. The summed E-state index contributed by atoms with van der Waals surface area (Å²) in [6.07, 6.45) is 4.31. The number of nitro groups is 1. The van der Waals surface area contributed by atoms with Gasteiger partial charge in [-0.2, -0.15) is 0 Å². The lowest BCUT2D eigenvalue weighted by atomic mass is 10.2. The van der Waals surface area contributed by atoms with Gasteiger partial charge in [0.25, 0.3) is 5.69 Å². The molecule has 22 heavy (non-hydrogen) atoms. The van der Waals surface area contributed by atoms with Gasteiger partial charge in [0.1, 0.15) is 0 Å². The zero-order chi connectivity index (χ0) is 15.4. The molecule has 0 aliphatic carbocycles. The summed E-state index contributed by atoms with van der Waals surface area (Å²) in [5, 5.41) is 10.6. The molecule has 0 atom stereocenters. The first-order chi connectivity index (χ1) is 10.7. The topological polar surface area (TPSA) is 58.7 Å². The summed E-state index contributed by atoms with van der Waals surface area (Å²) in [7, 11) is 0. The maximum absolute atomic E-state index is 10.6. The minimum Gasteiger partial charge on any atom is -0.372 e. The highest BCUT2D eigenvalue weighted by Crippen LogP contribution is 2.21. The summed E-state index contributed by atoms with van der Waals surface area (Å²) in [4.78, 5) is 16.9. The molecule has 1 saturated heterocycles. The Bertz CT molecular complexity index is 672. The van der Waals surface area contributed by atoms with Gasteiger partial charge in [-0.05, 0) is 42.7 Å². The molecular weight excluding hydrogens is 278 g/mol. The van der Waals surface area contributed by atoms with E-state index in [-0.39, 0.29) is 5.69 Å². The Morgan fingerprint density at radius 1 is 1.00 bits per heavy atom. The van der Waals surface area contributed by atoms with Gasteiger partial charge in [0.05, 0.1) is 10.6 Å². The second-order valence-electron chi connectivity index (χ2n) is 5.32. The van der Waals surface area contributed by atoms with Gasteiger partial charge in [-0.25, -0.2) is 0 Å². The van der Waals surface area contributed by atoms with Gasteiger partial charge in [0.2, 0.25) is 0 Å². The van der Waals surface area contributed by atoms with Gasteiger partial charge >= 0.3 is 0 Å². The van der Waals surface area contributed by atoms with Crippen LogP contribution in [0.15, 0.2) is 53.5 Å². The Kier molecular flexibility index (Phi) is 4.14. The SMILES string of the molecule is O=[N+]([O-])c1ccc(N=Cc2ccc(N3CCCC3)cc2)cc1. The fraction of sp³-hybridized carbons (Fsp3) is 0.235. The Morgan fingerprint density at radius 3 is 2.23 bits per heavy atom. The number of nitro benzene ring substituents is 1. The first kappa shape index (κ1) is 14.3. The van der Waals surface area contributed by atoms with Gasteiger partial charge in [-0.15, -0.1) is 0 Å². The fourth-order valence-corrected chi connectivity index (χ4v) is 2.56. The Hall–Kier alpha value is -2.69. The van der Waals surface area contributed by atoms with E-state index < -0.39 is 4.92 Å². The maximum Gasteiger partial charge on any atom is 0.269 e. The van der Waals surface area contributed by atoms with Crippen LogP contribution in [0.25, 0.3) is 0 Å². The summed E-state index contributed by atoms with van der Waals surface area (Å²) < 4.78 is 0. The van der Waals surface area contributed by atoms with E-state index in [9.17, 15) is 10.1 Å². The molecule has 0 bridgehead atoms. The molecule has 0 unspecified atom stereocenters. The van der Waals surface area contributed by atoms with Crippen molar-refractivity contribution in [1.82, 2.24) is 0 Å². The van der Waals surface area contributed by atoms with E-state index in [0.29, 0.717) is 5.69 Å². The lowest BCUT2D eigenvalue weighted by Gasteiger charge is -2.17. The number of non-ortho nitro benzene ring substituents is 1. The lowest BCUT2D eigenvalue weighted by molar-refractivity contribution is -0.384. The van der Waals surface area contributed by atoms with Crippen molar-refractivity contribution in [3.63, 3.8) is 0 Å². The zero-order valence-electron chi connectivity index (χ0n) is 12.2. The molecular formula is C17H17N3O2. The average Bonchev–Trinajstić information content (AvgIpc) is 3.08. The smallest absolute Gasteiger partial charge is 0.269 e. The predicted octanol–water partition coefficient (Wildman–Crippen LogP) is 3.95. The standard InChI is InChI=1S/C17H17N3O2/c21-20(22)17-9-5-15(6-10-17)18-13-14-3-7-16(8-4-14)19-11-1-2-12-19/h3-10,13H,1-2,11-12H2. The zero-order valence-corrected chi connectivity index (χ0v) is 12.2. The molecule has 5 nitrogen and oxygen atoms in total. The van der Waals surface area contributed by atoms with E-state index in [1.54, 1.807) is 18.3 Å². The van der Waals surface area contributed by atoms with Crippen LogP contribution in [0.5, 0.6) is 0 Å². The highest BCUT2D eigenvalue weighted by molar-refractivity contribution is 5.82. The molecule has 0 radical (unpaired) electrons. The maximum atomic E-state index is 10.6. The van der Waals surface area contributed by atoms with Crippen LogP contribution in [0.1, 0.15) is 18.4 Å². The molecule has 0 amide bonds. The number of aliphatic imine (C=N–C) groups is 1. The summed E-state index contributed by atoms with van der Waals surface area (Å²) >= 11 is 0. The van der Waals surface area contributed by atoms with Crippen LogP contribution in [0.2, 0.25) is 0 Å². The third-order valence-electron chi connectivity index (χ3n) is 3.79. The summed E-state index contributed by atoms with van der Waals surface area (Å²) in [5.74, 6) is 0. The highest BCUT2D eigenvalue weighted by atomic mass is 16.6. The molecule has 1 aliphatic rings. The van der Waals surface area contributed by atoms with Crippen molar-refractivity contribution in [2.45, 2.75) is 12.8 Å². The molecule has 2 aromatic rings. The van der Waals surface area contributed by atoms with Crippen molar-refractivity contribution in [3.05, 3.63) is 64.2 Å². The molecule has 1 fully saturated rings. The van der Waals surface area contributed by atoms with Gasteiger partial charge < -0.3 is 4.90 Å². The first-order valence-electron chi connectivity index (χ1n) is 7.36. The number of anilines is 1. The Balaban J connectivity index is 1.68. The van der Waals surface area contributed by atoms with Gasteiger partial charge in [0.15, 0.2) is 0 Å². The predicted molar refractivity (Wildman–Crippen MR) is 88.2 cm³/mol. The van der Waals surface area contributed by atoms with Gasteiger partial charge in [0, 0.05) is 37.1 Å². The van der Waals surface area contributed by atoms with E-state index in [0.717, 1.165) is 18.7 Å². The van der Waals surface area contributed by atoms with Crippen LogP contribution in [0.4, 0.5) is 17.1 Å². The fourth-order valence-electron chi connectivity index (χ4n) is 2.56. The van der Waals surface area contributed by atoms with Crippen molar-refractivity contribution < 1.29 is 4.92 Å². The van der Waals surface area contributed by atoms with Crippen LogP contribution < -0.4 is 4.90 Å². The minimum atomic E-state index is -0.412. The molecule has 112 valence electrons. The van der Waals surface area contributed by atoms with Crippen molar-refractivity contribution in [2.24, 2.45) is 4.99 Å². The first-order valence-corrected chi connectivity index (χ1v) is 7.36. The van der Waals surface area contributed by atoms with E-state index in [1.807, 2.05) is 12.1 Å². The summed E-state index contributed by atoms with van der Waals surface area (Å²) in [6.45, 7) is 2.27. The molecule has 0 spiro atoms. The lowest BCUT2D eigenvalue weighted by Crippen LogP contribution is -2.17. The normalized spacial score (nSPS) is 14.6. The Labute approximate surface area is 129 Å². The van der Waals surface area contributed by atoms with Crippen LogP contribution in [0, 0.1) is 10.1 Å². The molecule has 0 aromatic heterocycles. The summed E-state index contributed by atoms with van der Waals surface area (Å²) in [6, 6.07) is 14.5. The number of rotatable bonds is 4. The van der Waals surface area contributed by atoms with E-state index in [4.69, 9.17) is 0 Å². The third-order valence-corrected chi connectivity index (χ3v) is 3.79. The highest BCUT2D eigenvalue weighted by Gasteiger charge is 2.11. The third kappa shape index (κ3) is 3.31. The van der Waals surface area contributed by atoms with Gasteiger partial charge in [-0.3, -0.25) is 15.1 Å². The number of hydrogen-bond donors (Lipinski definition) is 0. The van der Waals surface area contributed by atoms with Crippen LogP contribution in [-0.4, -0.2) is 24.2 Å². The quantitative estimate of drug-likeness (QED) is 0.487. The van der Waals surface area contributed by atoms with Crippen LogP contribution in [-0.2, 0) is 0 Å². The largest absolute Gasteiger partial charge is 0.372 e. The minimum absolute atomic E-state index is 0.0777. The molecule has 2 aromatic carbocycles. The van der Waals surface area contributed by atoms with Crippen molar-refractivity contribution in [2.75, 3.05) is 18.0 Å². The van der Waals surface area contributed by atoms with Crippen molar-refractivity contribution in [3.8, 4) is 0 Å². The van der Waals surface area contributed by atoms with Crippen LogP contribution in [0.3, 0.4) is 0 Å². The van der Waals surface area contributed by atoms with Crippen molar-refractivity contribution >= 4 is 23.3 Å². The number of hydrogen-bond acceptors (Lipinski definition) is 4. The summed E-state index contributed by atoms with van der Waals surface area (Å²) in [5.41, 5.74) is 3.05. The molecule has 0 saturated carbocycles. The molecule has 3 rings (SSSR count).